The van der Waals surface area contributed by atoms with Gasteiger partial charge in [-0.3, -0.25) is 4.99 Å². The van der Waals surface area contributed by atoms with Gasteiger partial charge in [-0.25, -0.2) is 9.29 Å². The Hall–Kier alpha value is -0.970. The molecule has 0 aromatic carbocycles. The van der Waals surface area contributed by atoms with Crippen molar-refractivity contribution in [3.05, 3.63) is 12.1 Å². The molecule has 0 fully saturated rings. The molecule has 1 aromatic rings. The van der Waals surface area contributed by atoms with Crippen LogP contribution in [-0.4, -0.2) is 17.6 Å². The molecule has 58 valence electrons. The molecule has 0 N–H and O–H groups in total. The predicted molar refractivity (Wildman–Crippen MR) is 44.7 cm³/mol. The zero-order chi connectivity index (χ0) is 7.68. The van der Waals surface area contributed by atoms with Gasteiger partial charge < -0.3 is 4.42 Å². The van der Waals surface area contributed by atoms with Crippen molar-refractivity contribution in [1.29, 1.82) is 0 Å². The summed E-state index contributed by atoms with van der Waals surface area (Å²) >= 11 is 1.54. The quantitative estimate of drug-likeness (QED) is 0.594. The smallest absolute Gasteiger partial charge is 0.236 e. The maximum absolute atomic E-state index is 5.16. The molecular weight excluding hydrogens is 162 g/mol. The standard InChI is InChI=1S/C6H7N3OS/c1-11-9-3-7-2-5-6(9)10-4-8-5/h3-4H,2H2,1H3. The van der Waals surface area contributed by atoms with Crippen molar-refractivity contribution in [3.8, 4) is 0 Å². The second-order valence-corrected chi connectivity index (χ2v) is 2.83. The van der Waals surface area contributed by atoms with Crippen molar-refractivity contribution in [2.45, 2.75) is 6.54 Å². The Labute approximate surface area is 68.4 Å². The van der Waals surface area contributed by atoms with Crippen LogP contribution in [0.1, 0.15) is 5.69 Å². The van der Waals surface area contributed by atoms with Gasteiger partial charge in [0.25, 0.3) is 0 Å². The number of anilines is 1. The van der Waals surface area contributed by atoms with Crippen LogP contribution < -0.4 is 4.31 Å². The number of aromatic nitrogens is 1. The molecule has 0 amide bonds. The minimum atomic E-state index is 0.628. The lowest BCUT2D eigenvalue weighted by atomic mass is 10.4. The molecule has 1 aliphatic heterocycles. The van der Waals surface area contributed by atoms with Gasteiger partial charge in [-0.05, 0) is 11.9 Å². The summed E-state index contributed by atoms with van der Waals surface area (Å²) in [5, 5.41) is 0. The second-order valence-electron chi connectivity index (χ2n) is 2.07. The average molecular weight is 169 g/mol. The predicted octanol–water partition coefficient (Wildman–Crippen LogP) is 1.30. The molecule has 0 aliphatic carbocycles. The number of oxazole rings is 1. The highest BCUT2D eigenvalue weighted by Gasteiger charge is 2.17. The van der Waals surface area contributed by atoms with Crippen LogP contribution in [0.4, 0.5) is 5.88 Å². The molecule has 0 unspecified atom stereocenters. The Balaban J connectivity index is 2.38. The number of nitrogens with zero attached hydrogens (tertiary/aromatic N) is 3. The van der Waals surface area contributed by atoms with Crippen LogP contribution in [0.5, 0.6) is 0 Å². The highest BCUT2D eigenvalue weighted by atomic mass is 32.2. The maximum Gasteiger partial charge on any atom is 0.236 e. The van der Waals surface area contributed by atoms with Crippen molar-refractivity contribution >= 4 is 24.2 Å². The number of rotatable bonds is 1. The van der Waals surface area contributed by atoms with Crippen LogP contribution in [0, 0.1) is 0 Å². The van der Waals surface area contributed by atoms with Crippen molar-refractivity contribution in [2.75, 3.05) is 10.6 Å². The lowest BCUT2D eigenvalue weighted by molar-refractivity contribution is 0.568. The van der Waals surface area contributed by atoms with Gasteiger partial charge in [0, 0.05) is 6.26 Å². The molecule has 0 radical (unpaired) electrons. The van der Waals surface area contributed by atoms with Gasteiger partial charge in [-0.2, -0.15) is 0 Å². The number of hydrogen-bond acceptors (Lipinski definition) is 5. The van der Waals surface area contributed by atoms with Crippen molar-refractivity contribution < 1.29 is 4.42 Å². The number of fused-ring (bicyclic) bond motifs is 1. The molecule has 1 aliphatic rings. The van der Waals surface area contributed by atoms with E-state index in [1.54, 1.807) is 18.3 Å². The van der Waals surface area contributed by atoms with E-state index in [0.717, 1.165) is 11.6 Å². The molecule has 1 aromatic heterocycles. The van der Waals surface area contributed by atoms with E-state index in [1.807, 2.05) is 10.6 Å². The first-order chi connectivity index (χ1) is 5.42. The molecule has 5 heteroatoms. The van der Waals surface area contributed by atoms with E-state index in [4.69, 9.17) is 4.42 Å². The first kappa shape index (κ1) is 6.72. The molecular formula is C6H7N3OS. The summed E-state index contributed by atoms with van der Waals surface area (Å²) in [6.45, 7) is 0.628. The minimum Gasteiger partial charge on any atom is -0.426 e. The van der Waals surface area contributed by atoms with E-state index in [9.17, 15) is 0 Å². The molecule has 0 spiro atoms. The fourth-order valence-corrected chi connectivity index (χ4v) is 1.41. The highest BCUT2D eigenvalue weighted by molar-refractivity contribution is 8.00. The van der Waals surface area contributed by atoms with Gasteiger partial charge in [0.15, 0.2) is 6.39 Å². The second kappa shape index (κ2) is 2.58. The van der Waals surface area contributed by atoms with Crippen LogP contribution in [0.2, 0.25) is 0 Å². The Bertz CT molecular complexity index is 283. The normalized spacial score (nSPS) is 15.2. The zero-order valence-corrected chi connectivity index (χ0v) is 6.84. The fourth-order valence-electron chi connectivity index (χ4n) is 0.935. The topological polar surface area (TPSA) is 41.6 Å². The monoisotopic (exact) mass is 169 g/mol. The summed E-state index contributed by atoms with van der Waals surface area (Å²) in [4.78, 5) is 8.12. The first-order valence-corrected chi connectivity index (χ1v) is 4.35. The van der Waals surface area contributed by atoms with Crippen LogP contribution in [0.25, 0.3) is 0 Å². The summed E-state index contributed by atoms with van der Waals surface area (Å²) in [5.74, 6) is 0.799. The average Bonchev–Trinajstić information content (AvgIpc) is 2.50. The Morgan fingerprint density at radius 3 is 3.45 bits per heavy atom. The van der Waals surface area contributed by atoms with E-state index < -0.39 is 0 Å². The molecule has 4 nitrogen and oxygen atoms in total. The van der Waals surface area contributed by atoms with Crippen molar-refractivity contribution in [2.24, 2.45) is 4.99 Å². The highest BCUT2D eigenvalue weighted by Crippen LogP contribution is 2.26. The molecule has 11 heavy (non-hydrogen) atoms. The largest absolute Gasteiger partial charge is 0.426 e. The van der Waals surface area contributed by atoms with Crippen molar-refractivity contribution in [1.82, 2.24) is 4.98 Å². The molecule has 0 saturated carbocycles. The zero-order valence-electron chi connectivity index (χ0n) is 6.02. The third kappa shape index (κ3) is 1.01. The van der Waals surface area contributed by atoms with Gasteiger partial charge in [-0.15, -0.1) is 0 Å². The maximum atomic E-state index is 5.16. The number of hydrogen-bond donors (Lipinski definition) is 0. The molecule has 2 heterocycles. The SMILES string of the molecule is CSN1C=NCc2ncoc21. The van der Waals surface area contributed by atoms with E-state index in [1.165, 1.54) is 6.39 Å². The molecule has 0 saturated heterocycles. The Morgan fingerprint density at radius 1 is 1.73 bits per heavy atom. The van der Waals surface area contributed by atoms with Gasteiger partial charge in [0.05, 0.1) is 6.54 Å². The molecule has 0 bridgehead atoms. The van der Waals surface area contributed by atoms with E-state index in [-0.39, 0.29) is 0 Å². The summed E-state index contributed by atoms with van der Waals surface area (Å²) in [5.41, 5.74) is 0.904. The third-order valence-corrected chi connectivity index (χ3v) is 2.10. The van der Waals surface area contributed by atoms with Crippen LogP contribution in [0.15, 0.2) is 15.8 Å². The molecule has 0 atom stereocenters. The third-order valence-electron chi connectivity index (χ3n) is 1.44. The molecule has 2 rings (SSSR count). The van der Waals surface area contributed by atoms with Gasteiger partial charge in [0.2, 0.25) is 5.88 Å². The fraction of sp³-hybridized carbons (Fsp3) is 0.333. The summed E-state index contributed by atoms with van der Waals surface area (Å²) in [6.07, 6.45) is 5.16. The lowest BCUT2D eigenvalue weighted by Crippen LogP contribution is -2.15. The Morgan fingerprint density at radius 2 is 2.64 bits per heavy atom. The summed E-state index contributed by atoms with van der Waals surface area (Å²) in [6, 6.07) is 0. The Kier molecular flexibility index (Phi) is 1.58. The van der Waals surface area contributed by atoms with E-state index in [0.29, 0.717) is 6.54 Å². The van der Waals surface area contributed by atoms with Crippen LogP contribution in [-0.2, 0) is 6.54 Å². The van der Waals surface area contributed by atoms with Crippen molar-refractivity contribution in [3.63, 3.8) is 0 Å². The number of aliphatic imine (C=N–C) groups is 1. The lowest BCUT2D eigenvalue weighted by Gasteiger charge is -2.15. The van der Waals surface area contributed by atoms with Crippen LogP contribution >= 0.6 is 11.9 Å². The van der Waals surface area contributed by atoms with Gasteiger partial charge in [-0.1, -0.05) is 0 Å². The summed E-state index contributed by atoms with van der Waals surface area (Å²) < 4.78 is 7.02. The van der Waals surface area contributed by atoms with Gasteiger partial charge >= 0.3 is 0 Å². The minimum absolute atomic E-state index is 0.628. The van der Waals surface area contributed by atoms with E-state index in [2.05, 4.69) is 9.98 Å². The van der Waals surface area contributed by atoms with Crippen LogP contribution in [0.3, 0.4) is 0 Å². The first-order valence-electron chi connectivity index (χ1n) is 3.17. The van der Waals surface area contributed by atoms with Gasteiger partial charge in [0.1, 0.15) is 12.0 Å². The van der Waals surface area contributed by atoms with E-state index >= 15 is 0 Å². The summed E-state index contributed by atoms with van der Waals surface area (Å²) in [7, 11) is 0.